The van der Waals surface area contributed by atoms with Crippen molar-refractivity contribution < 1.29 is 4.79 Å². The molecule has 2 aromatic heterocycles. The largest absolute Gasteiger partial charge is 0.342 e. The van der Waals surface area contributed by atoms with Gasteiger partial charge >= 0.3 is 0 Å². The van der Waals surface area contributed by atoms with Crippen molar-refractivity contribution in [1.29, 1.82) is 0 Å². The minimum Gasteiger partial charge on any atom is -0.342 e. The molecule has 0 unspecified atom stereocenters. The Hall–Kier alpha value is -2.34. The normalized spacial score (nSPS) is 11.2. The molecule has 3 rings (SSSR count). The van der Waals surface area contributed by atoms with E-state index in [0.29, 0.717) is 18.0 Å². The number of nitrogens with one attached hydrogen (secondary N) is 1. The number of aryl methyl sites for hydroxylation is 2. The van der Waals surface area contributed by atoms with Gasteiger partial charge in [0.1, 0.15) is 5.82 Å². The van der Waals surface area contributed by atoms with E-state index in [1.807, 2.05) is 42.9 Å². The zero-order chi connectivity index (χ0) is 17.8. The summed E-state index contributed by atoms with van der Waals surface area (Å²) in [5.74, 6) is 1.01. The Bertz CT molecular complexity index is 869. The molecular formula is C18H22ClN5O. The molecule has 0 saturated carbocycles. The molecule has 7 heteroatoms. The third-order valence-corrected chi connectivity index (χ3v) is 4.46. The van der Waals surface area contributed by atoms with Gasteiger partial charge in [-0.05, 0) is 37.6 Å². The van der Waals surface area contributed by atoms with E-state index < -0.39 is 0 Å². The number of amides is 1. The average Bonchev–Trinajstić information content (AvgIpc) is 3.20. The number of halogens is 1. The fourth-order valence-corrected chi connectivity index (χ4v) is 3.03. The average molecular weight is 360 g/mol. The molecule has 0 aliphatic heterocycles. The van der Waals surface area contributed by atoms with Crippen LogP contribution >= 0.6 is 11.6 Å². The van der Waals surface area contributed by atoms with Crippen LogP contribution in [0, 0.1) is 0 Å². The van der Waals surface area contributed by atoms with Crippen LogP contribution in [0.15, 0.2) is 30.5 Å². The molecule has 0 spiro atoms. The molecule has 25 heavy (non-hydrogen) atoms. The number of hydrogen-bond donors (Lipinski definition) is 1. The zero-order valence-electron chi connectivity index (χ0n) is 14.5. The Balaban J connectivity index is 1.51. The summed E-state index contributed by atoms with van der Waals surface area (Å²) in [7, 11) is 1.83. The standard InChI is InChI=1S/C18H22ClN5O/c1-3-24-14(9-10-20-24)12-23(2)18(25)6-4-5-17-21-15-8-7-13(19)11-16(15)22-17/h7-11H,3-6,12H2,1-2H3,(H,21,22). The Kier molecular flexibility index (Phi) is 5.38. The highest BCUT2D eigenvalue weighted by Gasteiger charge is 2.12. The molecular weight excluding hydrogens is 338 g/mol. The Morgan fingerprint density at radius 3 is 3.00 bits per heavy atom. The summed E-state index contributed by atoms with van der Waals surface area (Å²) < 4.78 is 1.91. The Morgan fingerprint density at radius 2 is 2.20 bits per heavy atom. The van der Waals surface area contributed by atoms with Gasteiger partial charge < -0.3 is 9.88 Å². The van der Waals surface area contributed by atoms with Crippen molar-refractivity contribution in [2.45, 2.75) is 39.3 Å². The van der Waals surface area contributed by atoms with Crippen LogP contribution < -0.4 is 0 Å². The van der Waals surface area contributed by atoms with Crippen molar-refractivity contribution in [1.82, 2.24) is 24.6 Å². The van der Waals surface area contributed by atoms with E-state index in [0.717, 1.165) is 41.9 Å². The number of carbonyl (C=O) groups excluding carboxylic acids is 1. The molecule has 132 valence electrons. The first-order valence-corrected chi connectivity index (χ1v) is 8.83. The second-order valence-electron chi connectivity index (χ2n) is 6.09. The lowest BCUT2D eigenvalue weighted by molar-refractivity contribution is -0.130. The highest BCUT2D eigenvalue weighted by molar-refractivity contribution is 6.31. The van der Waals surface area contributed by atoms with Crippen molar-refractivity contribution in [2.24, 2.45) is 0 Å². The summed E-state index contributed by atoms with van der Waals surface area (Å²) in [6, 6.07) is 7.54. The summed E-state index contributed by atoms with van der Waals surface area (Å²) in [6.45, 7) is 3.43. The minimum atomic E-state index is 0.128. The lowest BCUT2D eigenvalue weighted by Gasteiger charge is -2.17. The van der Waals surface area contributed by atoms with Gasteiger partial charge in [0, 0.05) is 37.7 Å². The fourth-order valence-electron chi connectivity index (χ4n) is 2.86. The van der Waals surface area contributed by atoms with Gasteiger partial charge in [-0.2, -0.15) is 5.10 Å². The highest BCUT2D eigenvalue weighted by Crippen LogP contribution is 2.18. The van der Waals surface area contributed by atoms with Gasteiger partial charge in [0.05, 0.1) is 23.3 Å². The molecule has 0 aliphatic rings. The van der Waals surface area contributed by atoms with Gasteiger partial charge in [-0.1, -0.05) is 11.6 Å². The van der Waals surface area contributed by atoms with E-state index in [4.69, 9.17) is 11.6 Å². The van der Waals surface area contributed by atoms with Gasteiger partial charge in [0.15, 0.2) is 0 Å². The maximum atomic E-state index is 12.3. The van der Waals surface area contributed by atoms with Crippen LogP contribution in [0.1, 0.15) is 31.3 Å². The number of rotatable bonds is 7. The van der Waals surface area contributed by atoms with Crippen LogP contribution in [-0.2, 0) is 24.3 Å². The van der Waals surface area contributed by atoms with Gasteiger partial charge in [-0.15, -0.1) is 0 Å². The van der Waals surface area contributed by atoms with Crippen molar-refractivity contribution >= 4 is 28.5 Å². The van der Waals surface area contributed by atoms with Crippen molar-refractivity contribution in [3.8, 4) is 0 Å². The van der Waals surface area contributed by atoms with Gasteiger partial charge in [-0.3, -0.25) is 9.48 Å². The molecule has 0 aliphatic carbocycles. The predicted octanol–water partition coefficient (Wildman–Crippen LogP) is 3.41. The van der Waals surface area contributed by atoms with Gasteiger partial charge in [0.2, 0.25) is 5.91 Å². The van der Waals surface area contributed by atoms with Crippen molar-refractivity contribution in [3.05, 3.63) is 47.0 Å². The van der Waals surface area contributed by atoms with Crippen LogP contribution in [-0.4, -0.2) is 37.6 Å². The van der Waals surface area contributed by atoms with Gasteiger partial charge in [-0.25, -0.2) is 4.98 Å². The van der Waals surface area contributed by atoms with Crippen molar-refractivity contribution in [2.75, 3.05) is 7.05 Å². The molecule has 0 bridgehead atoms. The molecule has 0 atom stereocenters. The van der Waals surface area contributed by atoms with Crippen LogP contribution in [0.5, 0.6) is 0 Å². The maximum Gasteiger partial charge on any atom is 0.222 e. The molecule has 3 aromatic rings. The molecule has 0 saturated heterocycles. The minimum absolute atomic E-state index is 0.128. The number of H-pyrrole nitrogens is 1. The monoisotopic (exact) mass is 359 g/mol. The quantitative estimate of drug-likeness (QED) is 0.702. The summed E-state index contributed by atoms with van der Waals surface area (Å²) >= 11 is 5.98. The number of carbonyl (C=O) groups is 1. The highest BCUT2D eigenvalue weighted by atomic mass is 35.5. The Morgan fingerprint density at radius 1 is 1.36 bits per heavy atom. The summed E-state index contributed by atoms with van der Waals surface area (Å²) in [5.41, 5.74) is 2.88. The van der Waals surface area contributed by atoms with Gasteiger partial charge in [0.25, 0.3) is 0 Å². The van der Waals surface area contributed by atoms with E-state index in [1.165, 1.54) is 0 Å². The van der Waals surface area contributed by atoms with E-state index in [1.54, 1.807) is 11.1 Å². The number of aromatic nitrogens is 4. The molecule has 2 heterocycles. The van der Waals surface area contributed by atoms with Crippen LogP contribution in [0.25, 0.3) is 11.0 Å². The topological polar surface area (TPSA) is 66.8 Å². The second-order valence-corrected chi connectivity index (χ2v) is 6.52. The SMILES string of the molecule is CCn1nccc1CN(C)C(=O)CCCc1nc2ccc(Cl)cc2[nH]1. The lowest BCUT2D eigenvalue weighted by Crippen LogP contribution is -2.27. The number of nitrogens with zero attached hydrogens (tertiary/aromatic N) is 4. The number of hydrogen-bond acceptors (Lipinski definition) is 3. The summed E-state index contributed by atoms with van der Waals surface area (Å²) in [6.07, 6.45) is 3.75. The third-order valence-electron chi connectivity index (χ3n) is 4.23. The maximum absolute atomic E-state index is 12.3. The van der Waals surface area contributed by atoms with Crippen molar-refractivity contribution in [3.63, 3.8) is 0 Å². The second kappa shape index (κ2) is 7.70. The first-order chi connectivity index (χ1) is 12.1. The first-order valence-electron chi connectivity index (χ1n) is 8.45. The predicted molar refractivity (Wildman–Crippen MR) is 98.4 cm³/mol. The number of imidazole rings is 1. The number of fused-ring (bicyclic) bond motifs is 1. The van der Waals surface area contributed by atoms with E-state index in [-0.39, 0.29) is 5.91 Å². The molecule has 6 nitrogen and oxygen atoms in total. The van der Waals surface area contributed by atoms with E-state index in [9.17, 15) is 4.79 Å². The zero-order valence-corrected chi connectivity index (χ0v) is 15.3. The fraction of sp³-hybridized carbons (Fsp3) is 0.389. The van der Waals surface area contributed by atoms with E-state index in [2.05, 4.69) is 15.1 Å². The smallest absolute Gasteiger partial charge is 0.222 e. The third kappa shape index (κ3) is 4.20. The van der Waals surface area contributed by atoms with Crippen LogP contribution in [0.4, 0.5) is 0 Å². The van der Waals surface area contributed by atoms with Crippen LogP contribution in [0.2, 0.25) is 5.02 Å². The Labute approximate surface area is 151 Å². The van der Waals surface area contributed by atoms with Crippen LogP contribution in [0.3, 0.4) is 0 Å². The molecule has 1 aromatic carbocycles. The molecule has 0 fully saturated rings. The number of aromatic amines is 1. The molecule has 1 N–H and O–H groups in total. The van der Waals surface area contributed by atoms with E-state index >= 15 is 0 Å². The number of benzene rings is 1. The summed E-state index contributed by atoms with van der Waals surface area (Å²) in [5, 5.41) is 4.92. The summed E-state index contributed by atoms with van der Waals surface area (Å²) in [4.78, 5) is 21.9. The lowest BCUT2D eigenvalue weighted by atomic mass is 10.2. The molecule has 0 radical (unpaired) electrons. The first kappa shape index (κ1) is 17.5. The molecule has 1 amide bonds.